The number of ether oxygens (including phenoxy) is 3. The Morgan fingerprint density at radius 2 is 1.55 bits per heavy atom. The number of carbonyl (C=O) groups is 3. The largest absolute Gasteiger partial charge is 0.790 e. The van der Waals surface area contributed by atoms with Crippen molar-refractivity contribution in [1.29, 1.82) is 0 Å². The van der Waals surface area contributed by atoms with Gasteiger partial charge in [-0.1, -0.05) is 77.0 Å². The van der Waals surface area contributed by atoms with Crippen LogP contribution in [0.15, 0.2) is 12.7 Å². The van der Waals surface area contributed by atoms with Crippen molar-refractivity contribution in [3.63, 3.8) is 0 Å². The molecule has 0 bridgehead atoms. The number of aromatic nitrogens is 4. The van der Waals surface area contributed by atoms with Crippen molar-refractivity contribution in [3.8, 4) is 0 Å². The molecule has 0 saturated carbocycles. The van der Waals surface area contributed by atoms with E-state index in [9.17, 15) is 73.2 Å². The van der Waals surface area contributed by atoms with Gasteiger partial charge in [0.15, 0.2) is 29.1 Å². The highest BCUT2D eigenvalue weighted by Crippen LogP contribution is 2.56. The van der Waals surface area contributed by atoms with E-state index in [1.807, 2.05) is 6.92 Å². The highest BCUT2D eigenvalue weighted by Gasteiger charge is 2.47. The molecule has 0 aliphatic carbocycles. The fraction of sp³-hybridized carbons (Fsp3) is 0.810. The Morgan fingerprint density at radius 3 is 2.21 bits per heavy atom. The summed E-state index contributed by atoms with van der Waals surface area (Å²) in [7, 11) is -17.7. The van der Waals surface area contributed by atoms with E-state index < -0.39 is 109 Å². The summed E-state index contributed by atoms with van der Waals surface area (Å²) in [6, 6.07) is 0. The monoisotopic (exact) mass is 1150 g/mol. The van der Waals surface area contributed by atoms with Crippen molar-refractivity contribution in [2.75, 3.05) is 37.8 Å². The van der Waals surface area contributed by atoms with E-state index in [2.05, 4.69) is 43.5 Å². The van der Waals surface area contributed by atoms with E-state index in [1.54, 1.807) is 6.92 Å². The minimum atomic E-state index is -5.95. The molecule has 2 amide bonds. The summed E-state index contributed by atoms with van der Waals surface area (Å²) in [5, 5.41) is 56.4. The first-order valence-electron chi connectivity index (χ1n) is 24.4. The third kappa shape index (κ3) is 22.2. The van der Waals surface area contributed by atoms with Gasteiger partial charge in [-0.15, -0.1) is 0 Å². The van der Waals surface area contributed by atoms with Crippen LogP contribution in [0, 0.1) is 5.41 Å². The number of hydrogen-bond acceptors (Lipinski definition) is 27. The molecule has 13 atom stereocenters. The number of nitrogen functional groups attached to an aromatic ring is 1. The summed E-state index contributed by atoms with van der Waals surface area (Å²) in [4.78, 5) is 97.1. The smallest absolute Gasteiger partial charge is 0.274 e. The number of aliphatic hydroxyl groups excluding tert-OH is 5. The molecule has 430 valence electrons. The van der Waals surface area contributed by atoms with Gasteiger partial charge in [0.25, 0.3) is 15.6 Å². The van der Waals surface area contributed by atoms with Crippen molar-refractivity contribution in [2.45, 2.75) is 179 Å². The summed E-state index contributed by atoms with van der Waals surface area (Å²) < 4.78 is 72.3. The second-order valence-electron chi connectivity index (χ2n) is 19.0. The van der Waals surface area contributed by atoms with Gasteiger partial charge in [-0.05, 0) is 26.7 Å². The fourth-order valence-corrected chi connectivity index (χ4v) is 11.3. The molecule has 2 unspecified atom stereocenters. The second-order valence-corrected chi connectivity index (χ2v) is 24.2. The lowest BCUT2D eigenvalue weighted by Crippen LogP contribution is -2.48. The van der Waals surface area contributed by atoms with E-state index in [4.69, 9.17) is 19.9 Å². The molecule has 0 aromatic carbocycles. The molecule has 2 saturated heterocycles. The number of thioether (sulfide) groups is 1. The Morgan fingerprint density at radius 1 is 0.907 bits per heavy atom. The normalized spacial score (nSPS) is 25.3. The molecule has 2 aliphatic heterocycles. The number of phosphoric ester groups is 3. The Kier molecular flexibility index (Phi) is 26.0. The zero-order valence-electron chi connectivity index (χ0n) is 42.0. The maximum absolute atomic E-state index is 12.7. The molecule has 2 aliphatic rings. The lowest BCUT2D eigenvalue weighted by Gasteiger charge is -2.36. The van der Waals surface area contributed by atoms with Crippen LogP contribution in [0.2, 0.25) is 0 Å². The summed E-state index contributed by atoms with van der Waals surface area (Å²) in [6.07, 6.45) is -1.66. The molecular formula is C42H70N7O22P3S-4. The van der Waals surface area contributed by atoms with E-state index in [-0.39, 0.29) is 72.4 Å². The van der Waals surface area contributed by atoms with Gasteiger partial charge < -0.3 is 93.8 Å². The standard InChI is InChI=1S/C42H74N7O22P3S/c1-25(67-41-29(52)20-28(51)26(2)68-41)13-11-9-7-5-6-8-10-12-14-27(50)19-32(54)75-18-17-44-31(53)15-16-45-39(57)36(56)42(3,4)22-66-74(63,64)71-73(61,62)65-21-30-35(70-72(58,59)60)34(55)40(69-30)49-24-48-33-37(43)46-23-47-38(33)49/h23-30,34-36,40-41,50-52,55-56H,5-22H2,1-4H3,(H,44,53)(H,45,57)(H,61,62)(H,63,64)(H2,43,46,47)(H2,58,59,60)/p-4/t25-,26+,27-,28-,29-,30-,34-,35-,36+,40-,41-/m1/s1. The third-order valence-electron chi connectivity index (χ3n) is 12.1. The van der Waals surface area contributed by atoms with E-state index >= 15 is 0 Å². The van der Waals surface area contributed by atoms with Gasteiger partial charge >= 0.3 is 0 Å². The highest BCUT2D eigenvalue weighted by molar-refractivity contribution is 8.13. The topological polar surface area (TPSA) is 454 Å². The summed E-state index contributed by atoms with van der Waals surface area (Å²) in [5.74, 6) is -1.40. The fourth-order valence-electron chi connectivity index (χ4n) is 7.86. The average molecular weight is 1150 g/mol. The number of unbranched alkanes of at least 4 members (excludes halogenated alkanes) is 7. The number of nitrogens with one attached hydrogen (secondary N) is 2. The van der Waals surface area contributed by atoms with Gasteiger partial charge in [0.1, 0.15) is 42.4 Å². The predicted molar refractivity (Wildman–Crippen MR) is 257 cm³/mol. The van der Waals surface area contributed by atoms with Crippen LogP contribution in [-0.4, -0.2) is 155 Å². The van der Waals surface area contributed by atoms with Crippen LogP contribution in [0.5, 0.6) is 0 Å². The molecule has 0 radical (unpaired) electrons. The summed E-state index contributed by atoms with van der Waals surface area (Å²) >= 11 is 0.960. The molecular weight excluding hydrogens is 1080 g/mol. The number of aliphatic hydroxyl groups is 5. The molecule has 0 spiro atoms. The predicted octanol–water partition coefficient (Wildman–Crippen LogP) is -0.949. The Labute approximate surface area is 437 Å². The molecule has 4 rings (SSSR count). The van der Waals surface area contributed by atoms with Crippen LogP contribution >= 0.6 is 35.2 Å². The van der Waals surface area contributed by atoms with E-state index in [1.165, 1.54) is 13.8 Å². The van der Waals surface area contributed by atoms with Crippen LogP contribution in [0.4, 0.5) is 5.82 Å². The van der Waals surface area contributed by atoms with Gasteiger partial charge in [0.05, 0.1) is 51.8 Å². The number of rotatable bonds is 34. The molecule has 2 fully saturated rings. The highest BCUT2D eigenvalue weighted by atomic mass is 32.2. The summed E-state index contributed by atoms with van der Waals surface area (Å²) in [5.41, 5.74) is 4.03. The second kappa shape index (κ2) is 30.1. The first-order valence-corrected chi connectivity index (χ1v) is 29.8. The number of anilines is 1. The number of fused-ring (bicyclic) bond motifs is 1. The van der Waals surface area contributed by atoms with E-state index in [0.717, 1.165) is 86.8 Å². The number of nitrogens with two attached hydrogens (primary N) is 1. The maximum atomic E-state index is 12.7. The number of hydrogen-bond donors (Lipinski definition) is 8. The molecule has 2 aromatic rings. The van der Waals surface area contributed by atoms with E-state index in [0.29, 0.717) is 6.42 Å². The molecule has 2 aromatic heterocycles. The molecule has 33 heteroatoms. The van der Waals surface area contributed by atoms with Crippen molar-refractivity contribution < 1.29 is 105 Å². The van der Waals surface area contributed by atoms with Crippen LogP contribution < -0.4 is 35.9 Å². The van der Waals surface area contributed by atoms with Crippen molar-refractivity contribution in [3.05, 3.63) is 12.7 Å². The maximum Gasteiger partial charge on any atom is 0.274 e. The lowest BCUT2D eigenvalue weighted by molar-refractivity contribution is -0.347. The Balaban J connectivity index is 1.03. The number of nitrogens with zero attached hydrogens (tertiary/aromatic N) is 4. The van der Waals surface area contributed by atoms with Crippen LogP contribution in [0.3, 0.4) is 0 Å². The van der Waals surface area contributed by atoms with Crippen LogP contribution in [0.25, 0.3) is 11.2 Å². The summed E-state index contributed by atoms with van der Waals surface area (Å²) in [6.45, 7) is 3.62. The lowest BCUT2D eigenvalue weighted by atomic mass is 9.87. The molecule has 9 N–H and O–H groups in total. The van der Waals surface area contributed by atoms with Gasteiger partial charge in [-0.2, -0.15) is 0 Å². The zero-order chi connectivity index (χ0) is 55.7. The third-order valence-corrected chi connectivity index (χ3v) is 16.0. The number of amides is 2. The zero-order valence-corrected chi connectivity index (χ0v) is 45.5. The van der Waals surface area contributed by atoms with Crippen molar-refractivity contribution in [2.24, 2.45) is 5.41 Å². The van der Waals surface area contributed by atoms with Crippen molar-refractivity contribution >= 4 is 69.1 Å². The molecule has 4 heterocycles. The number of imidazole rings is 1. The Hall–Kier alpha value is -2.64. The molecule has 29 nitrogen and oxygen atoms in total. The first-order chi connectivity index (χ1) is 35.1. The average Bonchev–Trinajstić information content (AvgIpc) is 3.88. The SMILES string of the molecule is C[C@H](CCCCCCCCCC[C@@H](O)CC(=O)SCCNC(=O)CCNC(=O)[C@H](O)C(C)(C)COP(=O)([O-])OP(=O)([O-])OC[C@H]1O[C@@H](n2cnc3c(N)ncnc32)[C@H](O)[C@@H]1OP(=O)([O-])[O-])O[C@@H]1O[C@@H](C)[C@H](O)C[C@H]1O. The van der Waals surface area contributed by atoms with Crippen LogP contribution in [-0.2, 0) is 60.2 Å². The minimum absolute atomic E-state index is 0.0278. The van der Waals surface area contributed by atoms with Gasteiger partial charge in [-0.3, -0.25) is 28.1 Å². The molecule has 75 heavy (non-hydrogen) atoms. The Bertz CT molecular complexity index is 2280. The van der Waals surface area contributed by atoms with Crippen LogP contribution in [0.1, 0.15) is 117 Å². The number of carbonyl (C=O) groups excluding carboxylic acids is 3. The number of phosphoric acid groups is 3. The first kappa shape index (κ1) is 64.9. The minimum Gasteiger partial charge on any atom is -0.790 e. The van der Waals surface area contributed by atoms with Gasteiger partial charge in [0, 0.05) is 43.5 Å². The van der Waals surface area contributed by atoms with Crippen molar-refractivity contribution in [1.82, 2.24) is 30.2 Å². The van der Waals surface area contributed by atoms with Gasteiger partial charge in [-0.25, -0.2) is 19.3 Å². The quantitative estimate of drug-likeness (QED) is 0.0309. The van der Waals surface area contributed by atoms with Gasteiger partial charge in [0.2, 0.25) is 11.8 Å².